The molecule has 1 aliphatic rings. The largest absolute Gasteiger partial charge is 0.490 e. The molecule has 0 bridgehead atoms. The van der Waals surface area contributed by atoms with Crippen molar-refractivity contribution >= 4 is 23.5 Å². The third-order valence-electron chi connectivity index (χ3n) is 5.67. The van der Waals surface area contributed by atoms with Crippen molar-refractivity contribution in [2.75, 3.05) is 13.1 Å². The average Bonchev–Trinajstić information content (AvgIpc) is 3.36. The first-order valence-electron chi connectivity index (χ1n) is 12.4. The zero-order chi connectivity index (χ0) is 26.3. The third-order valence-corrected chi connectivity index (χ3v) is 6.72. The molecule has 2 aromatic carbocycles. The van der Waals surface area contributed by atoms with E-state index in [1.165, 1.54) is 11.3 Å². The zero-order valence-corrected chi connectivity index (χ0v) is 22.3. The summed E-state index contributed by atoms with van der Waals surface area (Å²) in [6, 6.07) is 17.5. The maximum atomic E-state index is 12.4. The minimum absolute atomic E-state index is 0.0504. The van der Waals surface area contributed by atoms with Gasteiger partial charge in [-0.25, -0.2) is 14.6 Å². The summed E-state index contributed by atoms with van der Waals surface area (Å²) in [6.45, 7) is 7.36. The summed E-state index contributed by atoms with van der Waals surface area (Å²) in [5, 5.41) is 3.63. The van der Waals surface area contributed by atoms with Crippen molar-refractivity contribution in [3.63, 3.8) is 0 Å². The molecule has 9 heteroatoms. The first kappa shape index (κ1) is 26.5. The SMILES string of the molecule is CC(C)(C)OC(=O)NCc1cnc(-c2ccc(OC3CCN(C(=O)OCc4ccccc4)CC3)cc2)s1. The Kier molecular flexibility index (Phi) is 8.66. The van der Waals surface area contributed by atoms with E-state index in [0.717, 1.165) is 39.6 Å². The number of rotatable bonds is 7. The van der Waals surface area contributed by atoms with Crippen molar-refractivity contribution in [1.82, 2.24) is 15.2 Å². The van der Waals surface area contributed by atoms with Gasteiger partial charge in [0, 0.05) is 42.6 Å². The van der Waals surface area contributed by atoms with Gasteiger partial charge in [0.05, 0.1) is 6.54 Å². The van der Waals surface area contributed by atoms with E-state index in [2.05, 4.69) is 10.3 Å². The fourth-order valence-corrected chi connectivity index (χ4v) is 4.69. The lowest BCUT2D eigenvalue weighted by molar-refractivity contribution is 0.0523. The van der Waals surface area contributed by atoms with Crippen molar-refractivity contribution in [2.24, 2.45) is 0 Å². The molecule has 0 atom stereocenters. The number of amides is 2. The lowest BCUT2D eigenvalue weighted by Crippen LogP contribution is -2.42. The monoisotopic (exact) mass is 523 g/mol. The molecule has 0 unspecified atom stereocenters. The quantitative estimate of drug-likeness (QED) is 0.408. The van der Waals surface area contributed by atoms with Crippen LogP contribution < -0.4 is 10.1 Å². The Morgan fingerprint density at radius 2 is 1.76 bits per heavy atom. The lowest BCUT2D eigenvalue weighted by Gasteiger charge is -2.31. The molecular weight excluding hydrogens is 490 g/mol. The highest BCUT2D eigenvalue weighted by Gasteiger charge is 2.25. The topological polar surface area (TPSA) is 90.0 Å². The molecule has 2 heterocycles. The highest BCUT2D eigenvalue weighted by atomic mass is 32.1. The zero-order valence-electron chi connectivity index (χ0n) is 21.4. The second-order valence-electron chi connectivity index (χ2n) is 9.86. The number of likely N-dealkylation sites (tertiary alicyclic amines) is 1. The van der Waals surface area contributed by atoms with Crippen LogP contribution in [0, 0.1) is 0 Å². The standard InChI is InChI=1S/C28H33N3O5S/c1-28(2,3)36-26(32)30-18-24-17-29-25(37-24)21-9-11-22(12-10-21)35-23-13-15-31(16-14-23)27(33)34-19-20-7-5-4-6-8-20/h4-12,17,23H,13-16,18-19H2,1-3H3,(H,30,32). The van der Waals surface area contributed by atoms with Gasteiger partial charge in [-0.2, -0.15) is 0 Å². The minimum Gasteiger partial charge on any atom is -0.490 e. The van der Waals surface area contributed by atoms with Gasteiger partial charge in [0.15, 0.2) is 0 Å². The second kappa shape index (κ2) is 12.1. The Hall–Kier alpha value is -3.59. The number of nitrogens with zero attached hydrogens (tertiary/aromatic N) is 2. The van der Waals surface area contributed by atoms with Gasteiger partial charge in [0.2, 0.25) is 0 Å². The molecular formula is C28H33N3O5S. The van der Waals surface area contributed by atoms with Crippen LogP contribution in [-0.2, 0) is 22.6 Å². The van der Waals surface area contributed by atoms with Crippen molar-refractivity contribution in [2.45, 2.75) is 58.5 Å². The van der Waals surface area contributed by atoms with Gasteiger partial charge in [0.25, 0.3) is 0 Å². The molecule has 0 aliphatic carbocycles. The van der Waals surface area contributed by atoms with E-state index < -0.39 is 11.7 Å². The number of hydrogen-bond acceptors (Lipinski definition) is 7. The van der Waals surface area contributed by atoms with Gasteiger partial charge in [-0.05, 0) is 50.6 Å². The summed E-state index contributed by atoms with van der Waals surface area (Å²) in [7, 11) is 0. The molecule has 0 radical (unpaired) electrons. The fourth-order valence-electron chi connectivity index (χ4n) is 3.83. The maximum Gasteiger partial charge on any atom is 0.410 e. The van der Waals surface area contributed by atoms with Crippen LogP contribution in [0.1, 0.15) is 44.1 Å². The first-order chi connectivity index (χ1) is 17.7. The molecule has 8 nitrogen and oxygen atoms in total. The van der Waals surface area contributed by atoms with E-state index in [4.69, 9.17) is 14.2 Å². The number of aromatic nitrogens is 1. The van der Waals surface area contributed by atoms with Gasteiger partial charge < -0.3 is 24.4 Å². The number of carbonyl (C=O) groups excluding carboxylic acids is 2. The predicted octanol–water partition coefficient (Wildman–Crippen LogP) is 6.01. The molecule has 4 rings (SSSR count). The van der Waals surface area contributed by atoms with Crippen LogP contribution in [0.3, 0.4) is 0 Å². The third kappa shape index (κ3) is 8.21. The molecule has 196 valence electrons. The second-order valence-corrected chi connectivity index (χ2v) is 11.0. The van der Waals surface area contributed by atoms with Crippen molar-refractivity contribution < 1.29 is 23.8 Å². The smallest absolute Gasteiger partial charge is 0.410 e. The Morgan fingerprint density at radius 3 is 2.43 bits per heavy atom. The number of carbonyl (C=O) groups is 2. The normalized spacial score (nSPS) is 14.2. The summed E-state index contributed by atoms with van der Waals surface area (Å²) in [5.41, 5.74) is 1.43. The molecule has 0 saturated carbocycles. The van der Waals surface area contributed by atoms with Gasteiger partial charge >= 0.3 is 12.2 Å². The van der Waals surface area contributed by atoms with Crippen molar-refractivity contribution in [1.29, 1.82) is 0 Å². The molecule has 1 aromatic heterocycles. The van der Waals surface area contributed by atoms with E-state index in [1.54, 1.807) is 11.1 Å². The Bertz CT molecular complexity index is 1170. The number of ether oxygens (including phenoxy) is 3. The summed E-state index contributed by atoms with van der Waals surface area (Å²) in [6.07, 6.45) is 2.59. The highest BCUT2D eigenvalue weighted by molar-refractivity contribution is 7.15. The number of hydrogen-bond donors (Lipinski definition) is 1. The number of nitrogens with one attached hydrogen (secondary N) is 1. The fraction of sp³-hybridized carbons (Fsp3) is 0.393. The summed E-state index contributed by atoms with van der Waals surface area (Å²) >= 11 is 1.52. The minimum atomic E-state index is -0.530. The molecule has 1 aliphatic heterocycles. The lowest BCUT2D eigenvalue weighted by atomic mass is 10.1. The summed E-state index contributed by atoms with van der Waals surface area (Å²) in [5.74, 6) is 0.789. The molecule has 0 spiro atoms. The molecule has 1 fully saturated rings. The molecule has 3 aromatic rings. The van der Waals surface area contributed by atoms with Gasteiger partial charge in [-0.1, -0.05) is 30.3 Å². The van der Waals surface area contributed by atoms with Crippen molar-refractivity contribution in [3.8, 4) is 16.3 Å². The Morgan fingerprint density at radius 1 is 1.05 bits per heavy atom. The molecule has 1 N–H and O–H groups in total. The maximum absolute atomic E-state index is 12.4. The summed E-state index contributed by atoms with van der Waals surface area (Å²) < 4.78 is 16.9. The van der Waals surface area contributed by atoms with Crippen LogP contribution in [-0.4, -0.2) is 46.9 Å². The van der Waals surface area contributed by atoms with E-state index in [1.807, 2.05) is 75.4 Å². The highest BCUT2D eigenvalue weighted by Crippen LogP contribution is 2.28. The summed E-state index contributed by atoms with van der Waals surface area (Å²) in [4.78, 5) is 31.4. The van der Waals surface area contributed by atoms with E-state index in [-0.39, 0.29) is 18.8 Å². The van der Waals surface area contributed by atoms with Gasteiger partial charge in [-0.3, -0.25) is 0 Å². The van der Waals surface area contributed by atoms with E-state index in [0.29, 0.717) is 19.6 Å². The van der Waals surface area contributed by atoms with Crippen LogP contribution in [0.15, 0.2) is 60.8 Å². The van der Waals surface area contributed by atoms with E-state index >= 15 is 0 Å². The van der Waals surface area contributed by atoms with Gasteiger partial charge in [-0.15, -0.1) is 11.3 Å². The predicted molar refractivity (Wildman–Crippen MR) is 142 cm³/mol. The molecule has 2 amide bonds. The average molecular weight is 524 g/mol. The molecule has 37 heavy (non-hydrogen) atoms. The van der Waals surface area contributed by atoms with Crippen LogP contribution >= 0.6 is 11.3 Å². The number of thiazole rings is 1. The van der Waals surface area contributed by atoms with Crippen LogP contribution in [0.25, 0.3) is 10.6 Å². The van der Waals surface area contributed by atoms with E-state index in [9.17, 15) is 9.59 Å². The Labute approximate surface area is 221 Å². The Balaban J connectivity index is 1.20. The number of benzene rings is 2. The van der Waals surface area contributed by atoms with Gasteiger partial charge in [0.1, 0.15) is 29.1 Å². The van der Waals surface area contributed by atoms with Crippen LogP contribution in [0.5, 0.6) is 5.75 Å². The van der Waals surface area contributed by atoms with Crippen molar-refractivity contribution in [3.05, 3.63) is 71.2 Å². The van der Waals surface area contributed by atoms with Crippen LogP contribution in [0.4, 0.5) is 9.59 Å². The number of piperidine rings is 1. The molecule has 1 saturated heterocycles. The first-order valence-corrected chi connectivity index (χ1v) is 13.2. The number of alkyl carbamates (subject to hydrolysis) is 1. The van der Waals surface area contributed by atoms with Crippen LogP contribution in [0.2, 0.25) is 0 Å².